The van der Waals surface area contributed by atoms with E-state index in [2.05, 4.69) is 23.5 Å². The lowest BCUT2D eigenvalue weighted by Gasteiger charge is -2.16. The van der Waals surface area contributed by atoms with Gasteiger partial charge in [0.15, 0.2) is 0 Å². The fourth-order valence-electron chi connectivity index (χ4n) is 2.28. The number of nitrogens with two attached hydrogens (primary N) is 1. The largest absolute Gasteiger partial charge is 0.396 e. The van der Waals surface area contributed by atoms with E-state index in [9.17, 15) is 0 Å². The van der Waals surface area contributed by atoms with Crippen molar-refractivity contribution in [1.29, 1.82) is 0 Å². The lowest BCUT2D eigenvalue weighted by atomic mass is 10.1. The molecule has 3 nitrogen and oxygen atoms in total. The zero-order valence-corrected chi connectivity index (χ0v) is 9.69. The summed E-state index contributed by atoms with van der Waals surface area (Å²) in [4.78, 5) is 0. The van der Waals surface area contributed by atoms with Gasteiger partial charge in [0, 0.05) is 25.2 Å². The fourth-order valence-corrected chi connectivity index (χ4v) is 2.28. The van der Waals surface area contributed by atoms with E-state index < -0.39 is 0 Å². The third-order valence-electron chi connectivity index (χ3n) is 3.28. The van der Waals surface area contributed by atoms with Gasteiger partial charge in [-0.1, -0.05) is 31.2 Å². The van der Waals surface area contributed by atoms with Crippen LogP contribution < -0.4 is 11.1 Å². The summed E-state index contributed by atoms with van der Waals surface area (Å²) < 4.78 is 0. The van der Waals surface area contributed by atoms with Crippen LogP contribution in [0.3, 0.4) is 0 Å². The third-order valence-corrected chi connectivity index (χ3v) is 3.28. The summed E-state index contributed by atoms with van der Waals surface area (Å²) in [5, 5.41) is 12.5. The van der Waals surface area contributed by atoms with Gasteiger partial charge in [-0.3, -0.25) is 0 Å². The van der Waals surface area contributed by atoms with Gasteiger partial charge >= 0.3 is 0 Å². The van der Waals surface area contributed by atoms with Crippen molar-refractivity contribution >= 4 is 0 Å². The molecule has 0 amide bonds. The van der Waals surface area contributed by atoms with Gasteiger partial charge in [-0.05, 0) is 23.5 Å². The standard InChI is InChI=1S/C13H20N2O/c1-9(8-16)7-15-13-6-12(14)10-4-2-3-5-11(10)13/h2-5,9,12-13,15-16H,6-8,14H2,1H3. The molecule has 0 fully saturated rings. The van der Waals surface area contributed by atoms with Crippen LogP contribution >= 0.6 is 0 Å². The smallest absolute Gasteiger partial charge is 0.0468 e. The Hall–Kier alpha value is -0.900. The first kappa shape index (κ1) is 11.6. The summed E-state index contributed by atoms with van der Waals surface area (Å²) in [6.07, 6.45) is 0.956. The van der Waals surface area contributed by atoms with E-state index in [-0.39, 0.29) is 12.6 Å². The molecule has 1 aliphatic carbocycles. The zero-order chi connectivity index (χ0) is 11.5. The second kappa shape index (κ2) is 4.95. The molecule has 0 spiro atoms. The molecule has 3 heteroatoms. The lowest BCUT2D eigenvalue weighted by molar-refractivity contribution is 0.229. The van der Waals surface area contributed by atoms with E-state index in [1.807, 2.05) is 13.0 Å². The minimum Gasteiger partial charge on any atom is -0.396 e. The van der Waals surface area contributed by atoms with Crippen LogP contribution in [0.2, 0.25) is 0 Å². The van der Waals surface area contributed by atoms with Crippen molar-refractivity contribution in [2.45, 2.75) is 25.4 Å². The minimum atomic E-state index is 0.151. The van der Waals surface area contributed by atoms with Crippen LogP contribution in [0, 0.1) is 5.92 Å². The molecule has 0 aromatic heterocycles. The molecular formula is C13H20N2O. The topological polar surface area (TPSA) is 58.3 Å². The highest BCUT2D eigenvalue weighted by atomic mass is 16.3. The van der Waals surface area contributed by atoms with Crippen LogP contribution in [-0.4, -0.2) is 18.3 Å². The second-order valence-electron chi connectivity index (χ2n) is 4.72. The molecule has 1 aromatic carbocycles. The van der Waals surface area contributed by atoms with Gasteiger partial charge in [0.2, 0.25) is 0 Å². The van der Waals surface area contributed by atoms with Crippen molar-refractivity contribution in [2.75, 3.05) is 13.2 Å². The molecule has 3 unspecified atom stereocenters. The Morgan fingerprint density at radius 3 is 2.81 bits per heavy atom. The van der Waals surface area contributed by atoms with E-state index in [1.54, 1.807) is 0 Å². The van der Waals surface area contributed by atoms with Crippen LogP contribution in [0.4, 0.5) is 0 Å². The maximum Gasteiger partial charge on any atom is 0.0468 e. The maximum atomic E-state index is 8.99. The van der Waals surface area contributed by atoms with Crippen molar-refractivity contribution < 1.29 is 5.11 Å². The number of aliphatic hydroxyl groups is 1. The number of hydrogen-bond acceptors (Lipinski definition) is 3. The lowest BCUT2D eigenvalue weighted by Crippen LogP contribution is -2.26. The maximum absolute atomic E-state index is 8.99. The predicted octanol–water partition coefficient (Wildman–Crippen LogP) is 1.35. The molecule has 0 saturated carbocycles. The molecule has 3 atom stereocenters. The SMILES string of the molecule is CC(CO)CNC1CC(N)c2ccccc21. The number of fused-ring (bicyclic) bond motifs is 1. The third kappa shape index (κ3) is 2.26. The highest BCUT2D eigenvalue weighted by Gasteiger charge is 2.27. The van der Waals surface area contributed by atoms with Crippen molar-refractivity contribution in [1.82, 2.24) is 5.32 Å². The predicted molar refractivity (Wildman–Crippen MR) is 65.0 cm³/mol. The van der Waals surface area contributed by atoms with Crippen LogP contribution in [0.1, 0.15) is 36.6 Å². The number of nitrogens with one attached hydrogen (secondary N) is 1. The van der Waals surface area contributed by atoms with Gasteiger partial charge in [0.05, 0.1) is 0 Å². The Bertz CT molecular complexity index is 354. The van der Waals surface area contributed by atoms with Gasteiger partial charge in [-0.25, -0.2) is 0 Å². The van der Waals surface area contributed by atoms with Crippen molar-refractivity contribution in [2.24, 2.45) is 11.7 Å². The van der Waals surface area contributed by atoms with E-state index in [0.29, 0.717) is 12.0 Å². The van der Waals surface area contributed by atoms with Crippen molar-refractivity contribution in [3.8, 4) is 0 Å². The summed E-state index contributed by atoms with van der Waals surface area (Å²) >= 11 is 0. The molecule has 4 N–H and O–H groups in total. The molecule has 0 aliphatic heterocycles. The molecule has 1 aliphatic rings. The fraction of sp³-hybridized carbons (Fsp3) is 0.538. The monoisotopic (exact) mass is 220 g/mol. The highest BCUT2D eigenvalue weighted by molar-refractivity contribution is 5.37. The zero-order valence-electron chi connectivity index (χ0n) is 9.69. The molecule has 2 rings (SSSR count). The first-order valence-electron chi connectivity index (χ1n) is 5.91. The molecule has 0 bridgehead atoms. The molecule has 0 saturated heterocycles. The van der Waals surface area contributed by atoms with Crippen LogP contribution in [0.15, 0.2) is 24.3 Å². The van der Waals surface area contributed by atoms with E-state index >= 15 is 0 Å². The molecule has 0 radical (unpaired) electrons. The Labute approximate surface area is 96.7 Å². The Morgan fingerprint density at radius 1 is 1.44 bits per heavy atom. The van der Waals surface area contributed by atoms with Gasteiger partial charge in [-0.2, -0.15) is 0 Å². The van der Waals surface area contributed by atoms with E-state index in [0.717, 1.165) is 13.0 Å². The van der Waals surface area contributed by atoms with Crippen molar-refractivity contribution in [3.63, 3.8) is 0 Å². The number of hydrogen-bond donors (Lipinski definition) is 3. The van der Waals surface area contributed by atoms with Crippen LogP contribution in [0.5, 0.6) is 0 Å². The van der Waals surface area contributed by atoms with Gasteiger partial charge < -0.3 is 16.2 Å². The summed E-state index contributed by atoms with van der Waals surface area (Å²) in [6.45, 7) is 3.10. The van der Waals surface area contributed by atoms with Crippen molar-refractivity contribution in [3.05, 3.63) is 35.4 Å². The Morgan fingerprint density at radius 2 is 2.12 bits per heavy atom. The molecule has 1 aromatic rings. The average molecular weight is 220 g/mol. The quantitative estimate of drug-likeness (QED) is 0.718. The number of aliphatic hydroxyl groups excluding tert-OH is 1. The molecule has 16 heavy (non-hydrogen) atoms. The first-order chi connectivity index (χ1) is 7.72. The highest BCUT2D eigenvalue weighted by Crippen LogP contribution is 2.36. The molecule has 0 heterocycles. The number of rotatable bonds is 4. The van der Waals surface area contributed by atoms with Crippen LogP contribution in [-0.2, 0) is 0 Å². The van der Waals surface area contributed by atoms with E-state index in [1.165, 1.54) is 11.1 Å². The van der Waals surface area contributed by atoms with Gasteiger partial charge in [-0.15, -0.1) is 0 Å². The normalized spacial score (nSPS) is 25.4. The average Bonchev–Trinajstić information content (AvgIpc) is 2.64. The summed E-state index contributed by atoms with van der Waals surface area (Å²) in [5.74, 6) is 0.295. The molecular weight excluding hydrogens is 200 g/mol. The Balaban J connectivity index is 2.03. The summed E-state index contributed by atoms with van der Waals surface area (Å²) in [7, 11) is 0. The second-order valence-corrected chi connectivity index (χ2v) is 4.72. The van der Waals surface area contributed by atoms with Gasteiger partial charge in [0.1, 0.15) is 0 Å². The van der Waals surface area contributed by atoms with Crippen LogP contribution in [0.25, 0.3) is 0 Å². The van der Waals surface area contributed by atoms with E-state index in [4.69, 9.17) is 10.8 Å². The molecule has 88 valence electrons. The minimum absolute atomic E-state index is 0.151. The van der Waals surface area contributed by atoms with Gasteiger partial charge in [0.25, 0.3) is 0 Å². The Kier molecular flexibility index (Phi) is 3.59. The first-order valence-corrected chi connectivity index (χ1v) is 5.91. The summed E-state index contributed by atoms with van der Waals surface area (Å²) in [6, 6.07) is 8.84. The number of benzene rings is 1. The summed E-state index contributed by atoms with van der Waals surface area (Å²) in [5.41, 5.74) is 8.67.